The third kappa shape index (κ3) is 1.05. The molecule has 0 aromatic rings. The van der Waals surface area contributed by atoms with E-state index < -0.39 is 5.97 Å². The second kappa shape index (κ2) is 2.96. The summed E-state index contributed by atoms with van der Waals surface area (Å²) in [7, 11) is 0. The maximum Gasteiger partial charge on any atom is 0.308 e. The molecule has 1 saturated carbocycles. The van der Waals surface area contributed by atoms with E-state index in [0.717, 1.165) is 18.9 Å². The van der Waals surface area contributed by atoms with Gasteiger partial charge in [-0.1, -0.05) is 6.42 Å². The van der Waals surface area contributed by atoms with Gasteiger partial charge >= 0.3 is 5.97 Å². The highest BCUT2D eigenvalue weighted by Gasteiger charge is 2.52. The van der Waals surface area contributed by atoms with Gasteiger partial charge in [0.15, 0.2) is 0 Å². The zero-order valence-electron chi connectivity index (χ0n) is 8.35. The summed E-state index contributed by atoms with van der Waals surface area (Å²) >= 11 is 0. The predicted octanol–water partition coefficient (Wildman–Crippen LogP) is 1.48. The molecular weight excluding hydrogens is 178 g/mol. The number of nitrogens with zero attached hydrogens (tertiary/aromatic N) is 1. The Morgan fingerprint density at radius 1 is 1.14 bits per heavy atom. The SMILES string of the molecule is O=C(O)C1CC2CCC1N2C1CCC1. The Morgan fingerprint density at radius 2 is 1.93 bits per heavy atom. The molecule has 3 nitrogen and oxygen atoms in total. The molecule has 3 heteroatoms. The van der Waals surface area contributed by atoms with Crippen LogP contribution in [0.5, 0.6) is 0 Å². The molecular formula is C11H17NO2. The van der Waals surface area contributed by atoms with Gasteiger partial charge in [-0.3, -0.25) is 9.69 Å². The van der Waals surface area contributed by atoms with Crippen LogP contribution in [-0.4, -0.2) is 34.1 Å². The smallest absolute Gasteiger partial charge is 0.308 e. The Bertz CT molecular complexity index is 262. The molecule has 2 saturated heterocycles. The van der Waals surface area contributed by atoms with Crippen molar-refractivity contribution in [3.05, 3.63) is 0 Å². The first-order valence-electron chi connectivity index (χ1n) is 5.77. The molecule has 0 aromatic heterocycles. The topological polar surface area (TPSA) is 40.5 Å². The van der Waals surface area contributed by atoms with E-state index in [9.17, 15) is 4.79 Å². The van der Waals surface area contributed by atoms with Crippen LogP contribution in [0, 0.1) is 5.92 Å². The summed E-state index contributed by atoms with van der Waals surface area (Å²) in [6.07, 6.45) is 7.23. The zero-order valence-corrected chi connectivity index (χ0v) is 8.35. The average molecular weight is 195 g/mol. The molecule has 1 aliphatic carbocycles. The Hall–Kier alpha value is -0.570. The molecule has 3 rings (SSSR count). The lowest BCUT2D eigenvalue weighted by atomic mass is 9.89. The van der Waals surface area contributed by atoms with Gasteiger partial charge in [0.25, 0.3) is 0 Å². The predicted molar refractivity (Wildman–Crippen MR) is 52.0 cm³/mol. The van der Waals surface area contributed by atoms with E-state index >= 15 is 0 Å². The van der Waals surface area contributed by atoms with Gasteiger partial charge in [-0.2, -0.15) is 0 Å². The molecule has 3 atom stereocenters. The van der Waals surface area contributed by atoms with Gasteiger partial charge < -0.3 is 5.11 Å². The lowest BCUT2D eigenvalue weighted by Crippen LogP contribution is -2.44. The molecule has 2 bridgehead atoms. The van der Waals surface area contributed by atoms with Crippen LogP contribution in [0.3, 0.4) is 0 Å². The number of rotatable bonds is 2. The van der Waals surface area contributed by atoms with Crippen LogP contribution < -0.4 is 0 Å². The molecule has 0 amide bonds. The first-order valence-corrected chi connectivity index (χ1v) is 5.77. The van der Waals surface area contributed by atoms with Gasteiger partial charge in [0.2, 0.25) is 0 Å². The molecule has 3 fully saturated rings. The number of carbonyl (C=O) groups is 1. The van der Waals surface area contributed by atoms with E-state index in [2.05, 4.69) is 4.90 Å². The minimum atomic E-state index is -0.568. The van der Waals surface area contributed by atoms with Crippen molar-refractivity contribution in [1.82, 2.24) is 4.90 Å². The van der Waals surface area contributed by atoms with Crippen molar-refractivity contribution in [3.8, 4) is 0 Å². The van der Waals surface area contributed by atoms with E-state index in [-0.39, 0.29) is 5.92 Å². The summed E-state index contributed by atoms with van der Waals surface area (Å²) in [5.74, 6) is -0.629. The Kier molecular flexibility index (Phi) is 1.84. The van der Waals surface area contributed by atoms with E-state index in [0.29, 0.717) is 12.1 Å². The molecule has 0 radical (unpaired) electrons. The van der Waals surface area contributed by atoms with E-state index in [4.69, 9.17) is 5.11 Å². The molecule has 2 heterocycles. The molecule has 2 aliphatic heterocycles. The van der Waals surface area contributed by atoms with Crippen molar-refractivity contribution in [1.29, 1.82) is 0 Å². The molecule has 14 heavy (non-hydrogen) atoms. The molecule has 1 N–H and O–H groups in total. The summed E-state index contributed by atoms with van der Waals surface area (Å²) in [5.41, 5.74) is 0. The first-order chi connectivity index (χ1) is 6.77. The van der Waals surface area contributed by atoms with E-state index in [1.807, 2.05) is 0 Å². The Morgan fingerprint density at radius 3 is 2.43 bits per heavy atom. The lowest BCUT2D eigenvalue weighted by Gasteiger charge is -2.38. The van der Waals surface area contributed by atoms with Crippen molar-refractivity contribution in [2.45, 2.75) is 56.7 Å². The van der Waals surface area contributed by atoms with Crippen LogP contribution in [0.1, 0.15) is 38.5 Å². The molecule has 78 valence electrons. The second-order valence-electron chi connectivity index (χ2n) is 5.01. The number of carboxylic acids is 1. The lowest BCUT2D eigenvalue weighted by molar-refractivity contribution is -0.142. The van der Waals surface area contributed by atoms with E-state index in [1.165, 1.54) is 25.7 Å². The highest BCUT2D eigenvalue weighted by molar-refractivity contribution is 5.71. The molecule has 0 spiro atoms. The van der Waals surface area contributed by atoms with Crippen LogP contribution in [0.15, 0.2) is 0 Å². The van der Waals surface area contributed by atoms with Crippen LogP contribution in [0.2, 0.25) is 0 Å². The number of fused-ring (bicyclic) bond motifs is 2. The molecule has 3 aliphatic rings. The van der Waals surface area contributed by atoms with Crippen molar-refractivity contribution in [2.24, 2.45) is 5.92 Å². The highest BCUT2D eigenvalue weighted by atomic mass is 16.4. The van der Waals surface area contributed by atoms with Crippen LogP contribution in [0.25, 0.3) is 0 Å². The van der Waals surface area contributed by atoms with Gasteiger partial charge in [0, 0.05) is 18.1 Å². The minimum Gasteiger partial charge on any atom is -0.481 e. The Labute approximate surface area is 84.1 Å². The largest absolute Gasteiger partial charge is 0.481 e. The van der Waals surface area contributed by atoms with Gasteiger partial charge in [0.05, 0.1) is 5.92 Å². The fraction of sp³-hybridized carbons (Fsp3) is 0.909. The average Bonchev–Trinajstić information content (AvgIpc) is 2.60. The van der Waals surface area contributed by atoms with Gasteiger partial charge in [-0.05, 0) is 32.1 Å². The van der Waals surface area contributed by atoms with Crippen molar-refractivity contribution < 1.29 is 9.90 Å². The normalized spacial score (nSPS) is 42.7. The van der Waals surface area contributed by atoms with Crippen LogP contribution >= 0.6 is 0 Å². The number of carboxylic acid groups (broad SMARTS) is 1. The molecule has 0 aromatic carbocycles. The van der Waals surface area contributed by atoms with Crippen molar-refractivity contribution in [2.75, 3.05) is 0 Å². The summed E-state index contributed by atoms with van der Waals surface area (Å²) in [4.78, 5) is 13.6. The van der Waals surface area contributed by atoms with E-state index in [1.54, 1.807) is 0 Å². The van der Waals surface area contributed by atoms with Crippen LogP contribution in [0.4, 0.5) is 0 Å². The summed E-state index contributed by atoms with van der Waals surface area (Å²) in [6.45, 7) is 0. The van der Waals surface area contributed by atoms with Gasteiger partial charge in [-0.15, -0.1) is 0 Å². The zero-order chi connectivity index (χ0) is 9.71. The summed E-state index contributed by atoms with van der Waals surface area (Å²) < 4.78 is 0. The summed E-state index contributed by atoms with van der Waals surface area (Å²) in [6, 6.07) is 1.71. The number of hydrogen-bond acceptors (Lipinski definition) is 2. The van der Waals surface area contributed by atoms with Crippen LogP contribution in [-0.2, 0) is 4.79 Å². The fourth-order valence-electron chi connectivity index (χ4n) is 3.55. The van der Waals surface area contributed by atoms with Gasteiger partial charge in [-0.25, -0.2) is 0 Å². The Balaban J connectivity index is 1.78. The van der Waals surface area contributed by atoms with Crippen molar-refractivity contribution in [3.63, 3.8) is 0 Å². The second-order valence-corrected chi connectivity index (χ2v) is 5.01. The minimum absolute atomic E-state index is 0.0608. The monoisotopic (exact) mass is 195 g/mol. The summed E-state index contributed by atoms with van der Waals surface area (Å²) in [5, 5.41) is 9.10. The fourth-order valence-corrected chi connectivity index (χ4v) is 3.55. The standard InChI is InChI=1S/C11H17NO2/c13-11(14)9-6-8-4-5-10(9)12(8)7-2-1-3-7/h7-10H,1-6H2,(H,13,14). The third-order valence-corrected chi connectivity index (χ3v) is 4.40. The quantitative estimate of drug-likeness (QED) is 0.725. The third-order valence-electron chi connectivity index (χ3n) is 4.40. The highest BCUT2D eigenvalue weighted by Crippen LogP contribution is 2.46. The maximum absolute atomic E-state index is 11.0. The van der Waals surface area contributed by atoms with Gasteiger partial charge in [0.1, 0.15) is 0 Å². The first kappa shape index (κ1) is 8.72. The maximum atomic E-state index is 11.0. The number of aliphatic carboxylic acids is 1. The number of hydrogen-bond donors (Lipinski definition) is 1. The van der Waals surface area contributed by atoms with Crippen molar-refractivity contribution >= 4 is 5.97 Å². The molecule has 3 unspecified atom stereocenters.